The van der Waals surface area contributed by atoms with Crippen molar-refractivity contribution in [3.05, 3.63) is 59.0 Å². The van der Waals surface area contributed by atoms with E-state index < -0.39 is 0 Å². The standard InChI is InChI=1S/C19H20N4O3/c1-12-19(26)16(14(11-24)9-20-12)10-22-23-18(25)7-6-13-8-21-17-5-3-2-4-15(13)17/h2-5,8-10,21,24,26H,6-7,11H2,1H3,(H,23,25). The Bertz CT molecular complexity index is 963. The molecular weight excluding hydrogens is 332 g/mol. The van der Waals surface area contributed by atoms with Gasteiger partial charge in [-0.05, 0) is 25.0 Å². The lowest BCUT2D eigenvalue weighted by Gasteiger charge is -2.07. The first kappa shape index (κ1) is 17.6. The van der Waals surface area contributed by atoms with Crippen LogP contribution in [-0.4, -0.2) is 32.3 Å². The van der Waals surface area contributed by atoms with E-state index in [0.29, 0.717) is 23.2 Å². The molecule has 134 valence electrons. The van der Waals surface area contributed by atoms with Gasteiger partial charge in [-0.25, -0.2) is 5.43 Å². The molecule has 7 heteroatoms. The lowest BCUT2D eigenvalue weighted by molar-refractivity contribution is -0.121. The second-order valence-corrected chi connectivity index (χ2v) is 5.94. The van der Waals surface area contributed by atoms with Gasteiger partial charge in [0.25, 0.3) is 0 Å². The van der Waals surface area contributed by atoms with E-state index in [-0.39, 0.29) is 24.7 Å². The van der Waals surface area contributed by atoms with Crippen molar-refractivity contribution in [3.63, 3.8) is 0 Å². The Morgan fingerprint density at radius 3 is 2.96 bits per heavy atom. The molecule has 0 atom stereocenters. The number of aromatic nitrogens is 2. The molecule has 26 heavy (non-hydrogen) atoms. The number of aromatic amines is 1. The molecule has 0 bridgehead atoms. The van der Waals surface area contributed by atoms with E-state index in [2.05, 4.69) is 20.5 Å². The van der Waals surface area contributed by atoms with Crippen molar-refractivity contribution in [3.8, 4) is 5.75 Å². The van der Waals surface area contributed by atoms with Gasteiger partial charge in [0.2, 0.25) is 5.91 Å². The summed E-state index contributed by atoms with van der Waals surface area (Å²) in [6.45, 7) is 1.37. The van der Waals surface area contributed by atoms with Gasteiger partial charge >= 0.3 is 0 Å². The molecule has 0 aliphatic carbocycles. The number of hydrogen-bond acceptors (Lipinski definition) is 5. The molecule has 0 radical (unpaired) electrons. The van der Waals surface area contributed by atoms with Gasteiger partial charge in [0.15, 0.2) is 0 Å². The lowest BCUT2D eigenvalue weighted by atomic mass is 10.1. The quantitative estimate of drug-likeness (QED) is 0.402. The maximum Gasteiger partial charge on any atom is 0.240 e. The first-order valence-corrected chi connectivity index (χ1v) is 8.25. The zero-order chi connectivity index (χ0) is 18.5. The van der Waals surface area contributed by atoms with Crippen molar-refractivity contribution in [2.24, 2.45) is 5.10 Å². The minimum Gasteiger partial charge on any atom is -0.505 e. The van der Waals surface area contributed by atoms with Gasteiger partial charge in [-0.1, -0.05) is 18.2 Å². The van der Waals surface area contributed by atoms with Crippen LogP contribution in [0.2, 0.25) is 0 Å². The van der Waals surface area contributed by atoms with Gasteiger partial charge in [-0.3, -0.25) is 9.78 Å². The summed E-state index contributed by atoms with van der Waals surface area (Å²) in [6, 6.07) is 7.93. The van der Waals surface area contributed by atoms with Gasteiger partial charge in [-0.2, -0.15) is 5.10 Å². The minimum absolute atomic E-state index is 0.0617. The normalized spacial score (nSPS) is 11.3. The Hall–Kier alpha value is -3.19. The van der Waals surface area contributed by atoms with Crippen LogP contribution in [0.15, 0.2) is 41.8 Å². The second kappa shape index (κ2) is 7.79. The van der Waals surface area contributed by atoms with Crippen LogP contribution >= 0.6 is 0 Å². The number of aromatic hydroxyl groups is 1. The number of aliphatic hydroxyl groups excluding tert-OH is 1. The Morgan fingerprint density at radius 2 is 2.15 bits per heavy atom. The molecule has 3 rings (SSSR count). The third-order valence-corrected chi connectivity index (χ3v) is 4.21. The fraction of sp³-hybridized carbons (Fsp3) is 0.211. The predicted octanol–water partition coefficient (Wildman–Crippen LogP) is 2.15. The lowest BCUT2D eigenvalue weighted by Crippen LogP contribution is -2.18. The number of aliphatic hydroxyl groups is 1. The third kappa shape index (κ3) is 3.73. The fourth-order valence-corrected chi connectivity index (χ4v) is 2.73. The molecule has 0 aliphatic heterocycles. The smallest absolute Gasteiger partial charge is 0.240 e. The van der Waals surface area contributed by atoms with Crippen LogP contribution in [0, 0.1) is 6.92 Å². The maximum atomic E-state index is 12.0. The monoisotopic (exact) mass is 352 g/mol. The van der Waals surface area contributed by atoms with Crippen molar-refractivity contribution in [2.75, 3.05) is 0 Å². The summed E-state index contributed by atoms with van der Waals surface area (Å²) in [6.07, 6.45) is 5.57. The highest BCUT2D eigenvalue weighted by Gasteiger charge is 2.10. The number of hydrogen-bond donors (Lipinski definition) is 4. The SMILES string of the molecule is Cc1ncc(CO)c(C=NNC(=O)CCc2c[nH]c3ccccc23)c1O. The molecule has 0 spiro atoms. The molecule has 0 unspecified atom stereocenters. The number of carbonyl (C=O) groups is 1. The van der Waals surface area contributed by atoms with Crippen molar-refractivity contribution in [1.82, 2.24) is 15.4 Å². The topological polar surface area (TPSA) is 111 Å². The molecule has 7 nitrogen and oxygen atoms in total. The molecule has 0 fully saturated rings. The van der Waals surface area contributed by atoms with Crippen molar-refractivity contribution in [1.29, 1.82) is 0 Å². The van der Waals surface area contributed by atoms with E-state index in [1.807, 2.05) is 30.5 Å². The van der Waals surface area contributed by atoms with Gasteiger partial charge < -0.3 is 15.2 Å². The van der Waals surface area contributed by atoms with E-state index in [1.54, 1.807) is 6.92 Å². The molecule has 0 saturated carbocycles. The summed E-state index contributed by atoms with van der Waals surface area (Å²) in [4.78, 5) is 19.2. The van der Waals surface area contributed by atoms with Gasteiger partial charge in [0.05, 0.1) is 18.5 Å². The van der Waals surface area contributed by atoms with Crippen LogP contribution in [0.25, 0.3) is 10.9 Å². The summed E-state index contributed by atoms with van der Waals surface area (Å²) in [5.74, 6) is -0.296. The van der Waals surface area contributed by atoms with Crippen molar-refractivity contribution in [2.45, 2.75) is 26.4 Å². The number of rotatable bonds is 6. The van der Waals surface area contributed by atoms with Crippen LogP contribution in [0.4, 0.5) is 0 Å². The summed E-state index contributed by atoms with van der Waals surface area (Å²) < 4.78 is 0. The molecule has 0 aliphatic rings. The number of carbonyl (C=O) groups excluding carboxylic acids is 1. The number of H-pyrrole nitrogens is 1. The number of amides is 1. The van der Waals surface area contributed by atoms with Crippen LogP contribution in [-0.2, 0) is 17.8 Å². The highest BCUT2D eigenvalue weighted by atomic mass is 16.3. The van der Waals surface area contributed by atoms with E-state index in [9.17, 15) is 15.0 Å². The molecule has 4 N–H and O–H groups in total. The number of benzene rings is 1. The number of nitrogens with zero attached hydrogens (tertiary/aromatic N) is 2. The van der Waals surface area contributed by atoms with Crippen LogP contribution in [0.1, 0.15) is 28.8 Å². The molecular formula is C19H20N4O3. The molecule has 3 aromatic rings. The fourth-order valence-electron chi connectivity index (χ4n) is 2.73. The Balaban J connectivity index is 1.61. The number of nitrogens with one attached hydrogen (secondary N) is 2. The summed E-state index contributed by atoms with van der Waals surface area (Å²) in [5, 5.41) is 24.3. The van der Waals surface area contributed by atoms with E-state index in [0.717, 1.165) is 16.5 Å². The molecule has 1 aromatic carbocycles. The Kier molecular flexibility index (Phi) is 5.28. The molecule has 0 saturated heterocycles. The van der Waals surface area contributed by atoms with Gasteiger partial charge in [-0.15, -0.1) is 0 Å². The zero-order valence-electron chi connectivity index (χ0n) is 14.4. The summed E-state index contributed by atoms with van der Waals surface area (Å²) >= 11 is 0. The van der Waals surface area contributed by atoms with Gasteiger partial charge in [0.1, 0.15) is 5.75 Å². The zero-order valence-corrected chi connectivity index (χ0v) is 14.4. The average Bonchev–Trinajstić information content (AvgIpc) is 3.07. The number of fused-ring (bicyclic) bond motifs is 1. The number of hydrazone groups is 1. The average molecular weight is 352 g/mol. The number of para-hydroxylation sites is 1. The highest BCUT2D eigenvalue weighted by molar-refractivity contribution is 5.87. The number of pyridine rings is 1. The highest BCUT2D eigenvalue weighted by Crippen LogP contribution is 2.22. The first-order valence-electron chi connectivity index (χ1n) is 8.25. The van der Waals surface area contributed by atoms with Crippen molar-refractivity contribution >= 4 is 23.0 Å². The first-order chi connectivity index (χ1) is 12.6. The van der Waals surface area contributed by atoms with Crippen LogP contribution in [0.3, 0.4) is 0 Å². The molecule has 1 amide bonds. The van der Waals surface area contributed by atoms with E-state index >= 15 is 0 Å². The summed E-state index contributed by atoms with van der Waals surface area (Å²) in [5.41, 5.74) is 5.77. The summed E-state index contributed by atoms with van der Waals surface area (Å²) in [7, 11) is 0. The van der Waals surface area contributed by atoms with E-state index in [1.165, 1.54) is 12.4 Å². The third-order valence-electron chi connectivity index (χ3n) is 4.21. The molecule has 2 heterocycles. The van der Waals surface area contributed by atoms with Gasteiger partial charge in [0, 0.05) is 40.8 Å². The number of aryl methyl sites for hydroxylation is 2. The van der Waals surface area contributed by atoms with E-state index in [4.69, 9.17) is 0 Å². The second-order valence-electron chi connectivity index (χ2n) is 5.94. The largest absolute Gasteiger partial charge is 0.505 e. The molecule has 2 aromatic heterocycles. The van der Waals surface area contributed by atoms with Crippen molar-refractivity contribution < 1.29 is 15.0 Å². The maximum absolute atomic E-state index is 12.0. The Morgan fingerprint density at radius 1 is 1.35 bits per heavy atom. The Labute approximate surface area is 150 Å². The van der Waals surface area contributed by atoms with Crippen LogP contribution in [0.5, 0.6) is 5.75 Å². The van der Waals surface area contributed by atoms with Crippen LogP contribution < -0.4 is 5.43 Å². The minimum atomic E-state index is -0.281. The predicted molar refractivity (Wildman–Crippen MR) is 98.9 cm³/mol.